The van der Waals surface area contributed by atoms with Gasteiger partial charge in [0.15, 0.2) is 0 Å². The summed E-state index contributed by atoms with van der Waals surface area (Å²) < 4.78 is 2.02. The van der Waals surface area contributed by atoms with Gasteiger partial charge in [0.2, 0.25) is 11.9 Å². The van der Waals surface area contributed by atoms with Gasteiger partial charge in [-0.2, -0.15) is 0 Å². The van der Waals surface area contributed by atoms with E-state index < -0.39 is 0 Å². The highest BCUT2D eigenvalue weighted by atomic mass is 16.2. The molecule has 37 heavy (non-hydrogen) atoms. The van der Waals surface area contributed by atoms with Crippen molar-refractivity contribution in [3.63, 3.8) is 0 Å². The lowest BCUT2D eigenvalue weighted by Crippen LogP contribution is -2.49. The first kappa shape index (κ1) is 24.2. The molecule has 1 N–H and O–H groups in total. The summed E-state index contributed by atoms with van der Waals surface area (Å²) in [5, 5.41) is 2.97. The molecule has 188 valence electrons. The molecule has 4 aromatic rings. The first-order chi connectivity index (χ1) is 18.0. The van der Waals surface area contributed by atoms with Crippen LogP contribution >= 0.6 is 0 Å². The van der Waals surface area contributed by atoms with Crippen molar-refractivity contribution < 1.29 is 9.59 Å². The molecule has 0 unspecified atom stereocenters. The zero-order valence-corrected chi connectivity index (χ0v) is 21.0. The summed E-state index contributed by atoms with van der Waals surface area (Å²) in [4.78, 5) is 42.6. The summed E-state index contributed by atoms with van der Waals surface area (Å²) in [5.74, 6) is 0.617. The Morgan fingerprint density at radius 3 is 2.32 bits per heavy atom. The van der Waals surface area contributed by atoms with Crippen molar-refractivity contribution in [3.05, 3.63) is 95.8 Å². The topological polar surface area (TPSA) is 96.3 Å². The van der Waals surface area contributed by atoms with Crippen LogP contribution in [0.3, 0.4) is 0 Å². The minimum atomic E-state index is -0.174. The molecule has 0 spiro atoms. The molecule has 0 bridgehead atoms. The van der Waals surface area contributed by atoms with Gasteiger partial charge in [0.25, 0.3) is 5.91 Å². The number of anilines is 2. The number of rotatable bonds is 6. The number of amides is 2. The van der Waals surface area contributed by atoms with Crippen molar-refractivity contribution in [1.82, 2.24) is 24.4 Å². The summed E-state index contributed by atoms with van der Waals surface area (Å²) in [5.41, 5.74) is 4.93. The van der Waals surface area contributed by atoms with Gasteiger partial charge in [0, 0.05) is 61.8 Å². The summed E-state index contributed by atoms with van der Waals surface area (Å²) in [6, 6.07) is 15.0. The number of nitrogens with zero attached hydrogens (tertiary/aromatic N) is 6. The Morgan fingerprint density at radius 2 is 1.65 bits per heavy atom. The van der Waals surface area contributed by atoms with Crippen molar-refractivity contribution in [2.45, 2.75) is 20.3 Å². The summed E-state index contributed by atoms with van der Waals surface area (Å²) >= 11 is 0. The minimum Gasteiger partial charge on any atom is -0.339 e. The van der Waals surface area contributed by atoms with E-state index in [-0.39, 0.29) is 11.8 Å². The number of aryl methyl sites for hydroxylation is 1. The molecule has 5 rings (SSSR count). The van der Waals surface area contributed by atoms with E-state index in [0.717, 1.165) is 22.6 Å². The molecule has 0 atom stereocenters. The number of carbonyl (C=O) groups excluding carboxylic acids is 2. The monoisotopic (exact) mass is 495 g/mol. The van der Waals surface area contributed by atoms with Crippen LogP contribution in [-0.2, 0) is 11.2 Å². The molecular formula is C28H29N7O2. The van der Waals surface area contributed by atoms with E-state index in [0.29, 0.717) is 49.8 Å². The van der Waals surface area contributed by atoms with E-state index in [1.165, 1.54) is 0 Å². The van der Waals surface area contributed by atoms with Crippen LogP contribution in [0.2, 0.25) is 0 Å². The highest BCUT2D eigenvalue weighted by Gasteiger charge is 2.22. The zero-order chi connectivity index (χ0) is 25.8. The Labute approximate surface area is 215 Å². The third kappa shape index (κ3) is 5.35. The van der Waals surface area contributed by atoms with Gasteiger partial charge in [-0.05, 0) is 55.8 Å². The lowest BCUT2D eigenvalue weighted by Gasteiger charge is -2.34. The summed E-state index contributed by atoms with van der Waals surface area (Å²) in [6.45, 7) is 6.60. The van der Waals surface area contributed by atoms with E-state index in [1.54, 1.807) is 30.9 Å². The van der Waals surface area contributed by atoms with Crippen molar-refractivity contribution in [2.75, 3.05) is 36.4 Å². The average Bonchev–Trinajstić information content (AvgIpc) is 3.24. The van der Waals surface area contributed by atoms with Gasteiger partial charge in [-0.1, -0.05) is 12.1 Å². The van der Waals surface area contributed by atoms with E-state index in [9.17, 15) is 9.59 Å². The number of pyridine rings is 1. The summed E-state index contributed by atoms with van der Waals surface area (Å²) in [6.07, 6.45) is 7.28. The van der Waals surface area contributed by atoms with E-state index >= 15 is 0 Å². The van der Waals surface area contributed by atoms with Gasteiger partial charge in [-0.15, -0.1) is 0 Å². The minimum absolute atomic E-state index is 0.0910. The Balaban J connectivity index is 1.17. The fourth-order valence-corrected chi connectivity index (χ4v) is 4.68. The molecule has 0 aliphatic carbocycles. The number of aromatic nitrogens is 4. The lowest BCUT2D eigenvalue weighted by molar-refractivity contribution is -0.130. The van der Waals surface area contributed by atoms with Crippen LogP contribution in [0.15, 0.2) is 73.3 Å². The van der Waals surface area contributed by atoms with E-state index in [2.05, 4.69) is 25.2 Å². The molecule has 1 saturated heterocycles. The predicted molar refractivity (Wildman–Crippen MR) is 142 cm³/mol. The van der Waals surface area contributed by atoms with Crippen LogP contribution in [-0.4, -0.2) is 62.4 Å². The second-order valence-corrected chi connectivity index (χ2v) is 9.08. The second kappa shape index (κ2) is 10.6. The second-order valence-electron chi connectivity index (χ2n) is 9.08. The largest absolute Gasteiger partial charge is 0.339 e. The SMILES string of the molecule is Cc1cc(C(=O)Nc2ccc(CC(=O)N3CCN(c4ncccn4)CC3)cc2)c(C)n1-c1cccnc1. The first-order valence-electron chi connectivity index (χ1n) is 12.3. The fourth-order valence-electron chi connectivity index (χ4n) is 4.68. The van der Waals surface area contributed by atoms with E-state index in [1.807, 2.05) is 65.8 Å². The van der Waals surface area contributed by atoms with Gasteiger partial charge in [0.1, 0.15) is 0 Å². The van der Waals surface area contributed by atoms with Gasteiger partial charge < -0.3 is 19.7 Å². The number of hydrogen-bond donors (Lipinski definition) is 1. The van der Waals surface area contributed by atoms with Gasteiger partial charge in [-0.25, -0.2) is 9.97 Å². The van der Waals surface area contributed by atoms with Crippen LogP contribution in [0.1, 0.15) is 27.3 Å². The molecule has 3 aromatic heterocycles. The highest BCUT2D eigenvalue weighted by Crippen LogP contribution is 2.22. The molecule has 4 heterocycles. The Bertz CT molecular complexity index is 1380. The van der Waals surface area contributed by atoms with Crippen molar-refractivity contribution in [1.29, 1.82) is 0 Å². The molecule has 2 amide bonds. The van der Waals surface area contributed by atoms with Gasteiger partial charge in [0.05, 0.1) is 23.9 Å². The first-order valence-corrected chi connectivity index (χ1v) is 12.3. The van der Waals surface area contributed by atoms with Crippen LogP contribution in [0.5, 0.6) is 0 Å². The third-order valence-electron chi connectivity index (χ3n) is 6.61. The Morgan fingerprint density at radius 1 is 0.919 bits per heavy atom. The predicted octanol–water partition coefficient (Wildman–Crippen LogP) is 3.42. The lowest BCUT2D eigenvalue weighted by atomic mass is 10.1. The van der Waals surface area contributed by atoms with Crippen LogP contribution in [0.25, 0.3) is 5.69 Å². The molecule has 1 aliphatic rings. The smallest absolute Gasteiger partial charge is 0.257 e. The molecule has 9 nitrogen and oxygen atoms in total. The normalized spacial score (nSPS) is 13.5. The third-order valence-corrected chi connectivity index (χ3v) is 6.61. The fraction of sp³-hybridized carbons (Fsp3) is 0.250. The maximum atomic E-state index is 13.0. The van der Waals surface area contributed by atoms with Gasteiger partial charge in [-0.3, -0.25) is 14.6 Å². The molecule has 1 aliphatic heterocycles. The van der Waals surface area contributed by atoms with Crippen molar-refractivity contribution in [2.24, 2.45) is 0 Å². The quantitative estimate of drug-likeness (QED) is 0.440. The zero-order valence-electron chi connectivity index (χ0n) is 21.0. The van der Waals surface area contributed by atoms with Crippen molar-refractivity contribution >= 4 is 23.5 Å². The molecule has 1 fully saturated rings. The summed E-state index contributed by atoms with van der Waals surface area (Å²) in [7, 11) is 0. The van der Waals surface area contributed by atoms with Crippen LogP contribution in [0.4, 0.5) is 11.6 Å². The van der Waals surface area contributed by atoms with Gasteiger partial charge >= 0.3 is 0 Å². The maximum absolute atomic E-state index is 13.0. The number of benzene rings is 1. The van der Waals surface area contributed by atoms with Crippen molar-refractivity contribution in [3.8, 4) is 5.69 Å². The van der Waals surface area contributed by atoms with Crippen LogP contribution in [0, 0.1) is 13.8 Å². The molecule has 1 aromatic carbocycles. The Hall–Kier alpha value is -4.53. The average molecular weight is 496 g/mol. The van der Waals surface area contributed by atoms with E-state index in [4.69, 9.17) is 0 Å². The number of piperazine rings is 1. The standard InChI is InChI=1S/C28H29N7O2/c1-20-17-25(21(2)35(20)24-5-3-10-29-19-24)27(37)32-23-8-6-22(7-9-23)18-26(36)33-13-15-34(16-14-33)28-30-11-4-12-31-28/h3-12,17,19H,13-16,18H2,1-2H3,(H,32,37). The molecule has 0 saturated carbocycles. The highest BCUT2D eigenvalue weighted by molar-refractivity contribution is 6.05. The maximum Gasteiger partial charge on any atom is 0.257 e. The molecule has 0 radical (unpaired) electrons. The number of carbonyl (C=O) groups is 2. The molecule has 9 heteroatoms. The number of hydrogen-bond acceptors (Lipinski definition) is 6. The molecular weight excluding hydrogens is 466 g/mol. The van der Waals surface area contributed by atoms with Crippen LogP contribution < -0.4 is 10.2 Å². The number of nitrogens with one attached hydrogen (secondary N) is 1. The Kier molecular flexibility index (Phi) is 6.93.